The van der Waals surface area contributed by atoms with Crippen LogP contribution in [0.1, 0.15) is 17.3 Å². The molecule has 1 aromatic carbocycles. The van der Waals surface area contributed by atoms with Crippen molar-refractivity contribution in [2.45, 2.75) is 12.2 Å². The number of ether oxygens (including phenoxy) is 1. The summed E-state index contributed by atoms with van der Waals surface area (Å²) >= 11 is 0. The SMILES string of the molecule is Nc1cnc(C(F)(F)F)cc1NC1COc2ccccc21. The molecule has 4 nitrogen and oxygen atoms in total. The molecule has 7 heteroatoms. The Hall–Kier alpha value is -2.44. The smallest absolute Gasteiger partial charge is 0.433 e. The first-order valence-electron chi connectivity index (χ1n) is 6.26. The summed E-state index contributed by atoms with van der Waals surface area (Å²) in [5, 5.41) is 2.99. The number of benzene rings is 1. The summed E-state index contributed by atoms with van der Waals surface area (Å²) in [5.41, 5.74) is 5.96. The van der Waals surface area contributed by atoms with Crippen LogP contribution in [0.3, 0.4) is 0 Å². The molecule has 3 rings (SSSR count). The minimum absolute atomic E-state index is 0.160. The number of nitrogens with one attached hydrogen (secondary N) is 1. The molecule has 2 aromatic rings. The molecule has 21 heavy (non-hydrogen) atoms. The van der Waals surface area contributed by atoms with E-state index in [9.17, 15) is 13.2 Å². The number of anilines is 2. The van der Waals surface area contributed by atoms with Crippen LogP contribution >= 0.6 is 0 Å². The van der Waals surface area contributed by atoms with E-state index in [1.54, 1.807) is 0 Å². The van der Waals surface area contributed by atoms with Gasteiger partial charge in [-0.3, -0.25) is 0 Å². The van der Waals surface area contributed by atoms with E-state index in [-0.39, 0.29) is 17.4 Å². The summed E-state index contributed by atoms with van der Waals surface area (Å²) in [6, 6.07) is 8.03. The Morgan fingerprint density at radius 2 is 2.05 bits per heavy atom. The predicted molar refractivity (Wildman–Crippen MR) is 72.0 cm³/mol. The molecule has 0 fully saturated rings. The fourth-order valence-electron chi connectivity index (χ4n) is 2.22. The maximum atomic E-state index is 12.7. The fourth-order valence-corrected chi connectivity index (χ4v) is 2.22. The van der Waals surface area contributed by atoms with Crippen molar-refractivity contribution in [1.82, 2.24) is 4.98 Å². The molecule has 1 aliphatic heterocycles. The number of nitrogens with zero attached hydrogens (tertiary/aromatic N) is 1. The number of nitrogens with two attached hydrogens (primary N) is 1. The van der Waals surface area contributed by atoms with Gasteiger partial charge in [-0.25, -0.2) is 4.98 Å². The Kier molecular flexibility index (Phi) is 3.12. The van der Waals surface area contributed by atoms with Gasteiger partial charge in [0.2, 0.25) is 0 Å². The third-order valence-electron chi connectivity index (χ3n) is 3.25. The average molecular weight is 295 g/mol. The molecule has 110 valence electrons. The van der Waals surface area contributed by atoms with Gasteiger partial charge >= 0.3 is 6.18 Å². The van der Waals surface area contributed by atoms with E-state index in [4.69, 9.17) is 10.5 Å². The van der Waals surface area contributed by atoms with Crippen molar-refractivity contribution in [3.63, 3.8) is 0 Å². The Morgan fingerprint density at radius 3 is 2.81 bits per heavy atom. The van der Waals surface area contributed by atoms with Gasteiger partial charge in [0.1, 0.15) is 18.1 Å². The number of hydrogen-bond donors (Lipinski definition) is 2. The predicted octanol–water partition coefficient (Wildman–Crippen LogP) is 3.23. The van der Waals surface area contributed by atoms with Crippen LogP contribution in [0.5, 0.6) is 5.75 Å². The molecular weight excluding hydrogens is 283 g/mol. The number of nitrogen functional groups attached to an aromatic ring is 1. The van der Waals surface area contributed by atoms with Crippen molar-refractivity contribution < 1.29 is 17.9 Å². The fraction of sp³-hybridized carbons (Fsp3) is 0.214. The van der Waals surface area contributed by atoms with Crippen LogP contribution in [0.2, 0.25) is 0 Å². The molecule has 2 heterocycles. The van der Waals surface area contributed by atoms with Crippen molar-refractivity contribution in [2.24, 2.45) is 0 Å². The van der Waals surface area contributed by atoms with Crippen molar-refractivity contribution in [3.05, 3.63) is 47.8 Å². The molecule has 0 amide bonds. The normalized spacial score (nSPS) is 17.2. The summed E-state index contributed by atoms with van der Waals surface area (Å²) in [5.74, 6) is 0.721. The van der Waals surface area contributed by atoms with E-state index in [0.717, 1.165) is 23.6 Å². The van der Waals surface area contributed by atoms with E-state index in [1.165, 1.54) is 0 Å². The van der Waals surface area contributed by atoms with Crippen LogP contribution in [0, 0.1) is 0 Å². The largest absolute Gasteiger partial charge is 0.491 e. The molecular formula is C14H12F3N3O. The summed E-state index contributed by atoms with van der Waals surface area (Å²) in [7, 11) is 0. The number of alkyl halides is 3. The van der Waals surface area contributed by atoms with E-state index in [0.29, 0.717) is 6.61 Å². The minimum atomic E-state index is -4.51. The summed E-state index contributed by atoms with van der Waals surface area (Å²) in [6.07, 6.45) is -3.50. The zero-order valence-corrected chi connectivity index (χ0v) is 10.8. The van der Waals surface area contributed by atoms with Gasteiger partial charge in [0, 0.05) is 5.56 Å². The van der Waals surface area contributed by atoms with Gasteiger partial charge in [0.05, 0.1) is 23.6 Å². The second-order valence-electron chi connectivity index (χ2n) is 4.70. The summed E-state index contributed by atoms with van der Waals surface area (Å²) < 4.78 is 43.6. The lowest BCUT2D eigenvalue weighted by molar-refractivity contribution is -0.141. The molecule has 1 atom stereocenters. The lowest BCUT2D eigenvalue weighted by atomic mass is 10.1. The number of pyridine rings is 1. The third kappa shape index (κ3) is 2.58. The third-order valence-corrected chi connectivity index (χ3v) is 3.25. The number of aromatic nitrogens is 1. The molecule has 1 aliphatic rings. The molecule has 3 N–H and O–H groups in total. The number of hydrogen-bond acceptors (Lipinski definition) is 4. The molecule has 0 bridgehead atoms. The Morgan fingerprint density at radius 1 is 1.29 bits per heavy atom. The van der Waals surface area contributed by atoms with Crippen molar-refractivity contribution in [1.29, 1.82) is 0 Å². The average Bonchev–Trinajstić information content (AvgIpc) is 2.83. The Bertz CT molecular complexity index is 673. The van der Waals surface area contributed by atoms with Gasteiger partial charge in [0.25, 0.3) is 0 Å². The highest BCUT2D eigenvalue weighted by atomic mass is 19.4. The molecule has 1 unspecified atom stereocenters. The van der Waals surface area contributed by atoms with Gasteiger partial charge < -0.3 is 15.8 Å². The highest BCUT2D eigenvalue weighted by Gasteiger charge is 2.33. The molecule has 1 aromatic heterocycles. The van der Waals surface area contributed by atoms with E-state index in [1.807, 2.05) is 24.3 Å². The number of para-hydroxylation sites is 1. The highest BCUT2D eigenvalue weighted by molar-refractivity contribution is 5.66. The van der Waals surface area contributed by atoms with Gasteiger partial charge in [-0.05, 0) is 12.1 Å². The monoisotopic (exact) mass is 295 g/mol. The van der Waals surface area contributed by atoms with Crippen LogP contribution in [0.15, 0.2) is 36.5 Å². The van der Waals surface area contributed by atoms with Crippen LogP contribution < -0.4 is 15.8 Å². The molecule has 0 spiro atoms. The quantitative estimate of drug-likeness (QED) is 0.893. The van der Waals surface area contributed by atoms with Crippen molar-refractivity contribution >= 4 is 11.4 Å². The highest BCUT2D eigenvalue weighted by Crippen LogP contribution is 2.36. The van der Waals surface area contributed by atoms with Crippen LogP contribution in [-0.4, -0.2) is 11.6 Å². The number of fused-ring (bicyclic) bond motifs is 1. The maximum absolute atomic E-state index is 12.7. The topological polar surface area (TPSA) is 60.2 Å². The second-order valence-corrected chi connectivity index (χ2v) is 4.70. The lowest BCUT2D eigenvalue weighted by Crippen LogP contribution is -2.15. The Labute approximate surface area is 118 Å². The number of halogens is 3. The van der Waals surface area contributed by atoms with Crippen molar-refractivity contribution in [2.75, 3.05) is 17.7 Å². The van der Waals surface area contributed by atoms with Crippen LogP contribution in [0.4, 0.5) is 24.5 Å². The molecule has 0 radical (unpaired) electrons. The first kappa shape index (κ1) is 13.5. The van der Waals surface area contributed by atoms with Crippen LogP contribution in [0.25, 0.3) is 0 Å². The van der Waals surface area contributed by atoms with E-state index < -0.39 is 11.9 Å². The zero-order valence-electron chi connectivity index (χ0n) is 10.8. The van der Waals surface area contributed by atoms with Gasteiger partial charge in [0.15, 0.2) is 0 Å². The van der Waals surface area contributed by atoms with E-state index >= 15 is 0 Å². The summed E-state index contributed by atoms with van der Waals surface area (Å²) in [6.45, 7) is 0.336. The van der Waals surface area contributed by atoms with Crippen molar-refractivity contribution in [3.8, 4) is 5.75 Å². The second kappa shape index (κ2) is 4.83. The van der Waals surface area contributed by atoms with Gasteiger partial charge in [-0.2, -0.15) is 13.2 Å². The Balaban J connectivity index is 1.89. The first-order valence-corrected chi connectivity index (χ1v) is 6.26. The first-order chi connectivity index (χ1) is 9.95. The van der Waals surface area contributed by atoms with Gasteiger partial charge in [-0.15, -0.1) is 0 Å². The minimum Gasteiger partial charge on any atom is -0.491 e. The maximum Gasteiger partial charge on any atom is 0.433 e. The lowest BCUT2D eigenvalue weighted by Gasteiger charge is -2.16. The van der Waals surface area contributed by atoms with E-state index in [2.05, 4.69) is 10.3 Å². The van der Waals surface area contributed by atoms with Crippen LogP contribution in [-0.2, 0) is 6.18 Å². The van der Waals surface area contributed by atoms with Gasteiger partial charge in [-0.1, -0.05) is 18.2 Å². The molecule has 0 saturated heterocycles. The summed E-state index contributed by atoms with van der Waals surface area (Å²) in [4.78, 5) is 3.31. The number of rotatable bonds is 2. The molecule has 0 aliphatic carbocycles. The standard InChI is InChI=1S/C14H12F3N3O/c15-14(16,17)13-5-10(9(18)6-19-13)20-11-7-21-12-4-2-1-3-8(11)12/h1-6,11H,7,18H2,(H,19,20). The zero-order chi connectivity index (χ0) is 15.0. The molecule has 0 saturated carbocycles.